The molecule has 0 aromatic rings. The van der Waals surface area contributed by atoms with Crippen molar-refractivity contribution in [2.24, 2.45) is 0 Å². The van der Waals surface area contributed by atoms with E-state index in [1.54, 1.807) is 11.4 Å². The molecular formula is C8H17N2O. The summed E-state index contributed by atoms with van der Waals surface area (Å²) in [5, 5.41) is 2.70. The Morgan fingerprint density at radius 2 is 1.91 bits per heavy atom. The van der Waals surface area contributed by atoms with Gasteiger partial charge < -0.3 is 10.2 Å². The summed E-state index contributed by atoms with van der Waals surface area (Å²) in [6.07, 6.45) is 0.868. The van der Waals surface area contributed by atoms with Crippen LogP contribution in [0.4, 0.5) is 4.79 Å². The Morgan fingerprint density at radius 1 is 1.36 bits per heavy atom. The quantitative estimate of drug-likeness (QED) is 0.660. The molecule has 0 aliphatic heterocycles. The Bertz CT molecular complexity index is 111. The normalized spacial score (nSPS) is 9.36. The number of hydrogen-bond acceptors (Lipinski definition) is 1. The van der Waals surface area contributed by atoms with Crippen LogP contribution < -0.4 is 5.32 Å². The molecule has 0 saturated carbocycles. The Labute approximate surface area is 68.8 Å². The fraction of sp³-hybridized carbons (Fsp3) is 0.750. The zero-order valence-electron chi connectivity index (χ0n) is 7.55. The van der Waals surface area contributed by atoms with Crippen molar-refractivity contribution >= 4 is 6.03 Å². The third kappa shape index (κ3) is 3.86. The molecule has 0 unspecified atom stereocenters. The van der Waals surface area contributed by atoms with Crippen LogP contribution in [0.25, 0.3) is 0 Å². The minimum atomic E-state index is -0.00292. The molecule has 11 heavy (non-hydrogen) atoms. The van der Waals surface area contributed by atoms with Crippen LogP contribution in [-0.2, 0) is 0 Å². The summed E-state index contributed by atoms with van der Waals surface area (Å²) in [5.41, 5.74) is 0. The molecular weight excluding hydrogens is 140 g/mol. The van der Waals surface area contributed by atoms with Crippen LogP contribution in [-0.4, -0.2) is 24.0 Å². The number of carbonyl (C=O) groups is 1. The van der Waals surface area contributed by atoms with Crippen LogP contribution in [0.3, 0.4) is 0 Å². The number of nitrogens with one attached hydrogen (secondary N) is 1. The largest absolute Gasteiger partial charge is 0.333 e. The first-order valence-electron chi connectivity index (χ1n) is 4.13. The molecule has 0 saturated heterocycles. The van der Waals surface area contributed by atoms with Crippen LogP contribution in [0, 0.1) is 6.54 Å². The van der Waals surface area contributed by atoms with Crippen molar-refractivity contribution in [2.45, 2.75) is 27.2 Å². The van der Waals surface area contributed by atoms with Crippen molar-refractivity contribution in [2.75, 3.05) is 13.1 Å². The van der Waals surface area contributed by atoms with Gasteiger partial charge >= 0.3 is 6.03 Å². The third-order valence-corrected chi connectivity index (χ3v) is 1.48. The van der Waals surface area contributed by atoms with Crippen LogP contribution in [0.2, 0.25) is 0 Å². The van der Waals surface area contributed by atoms with Crippen molar-refractivity contribution in [3.8, 4) is 0 Å². The van der Waals surface area contributed by atoms with Crippen molar-refractivity contribution in [1.29, 1.82) is 0 Å². The molecule has 3 nitrogen and oxygen atoms in total. The molecule has 0 aromatic carbocycles. The summed E-state index contributed by atoms with van der Waals surface area (Å²) in [6, 6.07) is -0.00292. The number of urea groups is 1. The molecule has 65 valence electrons. The zero-order valence-corrected chi connectivity index (χ0v) is 7.55. The van der Waals surface area contributed by atoms with Gasteiger partial charge in [0.25, 0.3) is 0 Å². The lowest BCUT2D eigenvalue weighted by Crippen LogP contribution is -2.38. The molecule has 0 aromatic heterocycles. The van der Waals surface area contributed by atoms with Gasteiger partial charge in [-0.1, -0.05) is 6.92 Å². The lowest BCUT2D eigenvalue weighted by molar-refractivity contribution is 0.205. The fourth-order valence-electron chi connectivity index (χ4n) is 0.791. The SMILES string of the molecule is CC[CH]NC(=O)N(CC)CC. The molecule has 1 N–H and O–H groups in total. The molecule has 3 heteroatoms. The summed E-state index contributed by atoms with van der Waals surface area (Å²) >= 11 is 0. The van der Waals surface area contributed by atoms with E-state index in [0.29, 0.717) is 0 Å². The second-order valence-corrected chi connectivity index (χ2v) is 2.23. The van der Waals surface area contributed by atoms with Crippen molar-refractivity contribution in [1.82, 2.24) is 10.2 Å². The molecule has 0 fully saturated rings. The van der Waals surface area contributed by atoms with E-state index in [9.17, 15) is 4.79 Å². The summed E-state index contributed by atoms with van der Waals surface area (Å²) in [6.45, 7) is 9.22. The number of amides is 2. The Hall–Kier alpha value is -0.730. The van der Waals surface area contributed by atoms with Crippen LogP contribution >= 0.6 is 0 Å². The van der Waals surface area contributed by atoms with Gasteiger partial charge in [-0.25, -0.2) is 4.79 Å². The molecule has 0 heterocycles. The summed E-state index contributed by atoms with van der Waals surface area (Å²) in [7, 11) is 0. The van der Waals surface area contributed by atoms with Gasteiger partial charge in [0.05, 0.1) is 6.54 Å². The predicted octanol–water partition coefficient (Wildman–Crippen LogP) is 1.61. The molecule has 0 aliphatic carbocycles. The Kier molecular flexibility index (Phi) is 5.61. The standard InChI is InChI=1S/C8H17N2O/c1-4-7-9-8(11)10(5-2)6-3/h7H,4-6H2,1-3H3,(H,9,11). The average molecular weight is 157 g/mol. The second-order valence-electron chi connectivity index (χ2n) is 2.23. The number of nitrogens with zero attached hydrogens (tertiary/aromatic N) is 1. The first-order chi connectivity index (χ1) is 5.26. The van der Waals surface area contributed by atoms with E-state index in [4.69, 9.17) is 0 Å². The lowest BCUT2D eigenvalue weighted by atomic mass is 10.5. The van der Waals surface area contributed by atoms with Gasteiger partial charge in [0, 0.05) is 13.1 Å². The number of rotatable bonds is 4. The minimum Gasteiger partial charge on any atom is -0.333 e. The second kappa shape index (κ2) is 6.01. The number of carbonyl (C=O) groups excluding carboxylic acids is 1. The molecule has 0 atom stereocenters. The summed E-state index contributed by atoms with van der Waals surface area (Å²) in [5.74, 6) is 0. The Morgan fingerprint density at radius 3 is 2.27 bits per heavy atom. The van der Waals surface area contributed by atoms with Gasteiger partial charge in [-0.05, 0) is 20.3 Å². The van der Waals surface area contributed by atoms with Gasteiger partial charge in [-0.3, -0.25) is 0 Å². The third-order valence-electron chi connectivity index (χ3n) is 1.48. The van der Waals surface area contributed by atoms with E-state index >= 15 is 0 Å². The zero-order chi connectivity index (χ0) is 8.69. The molecule has 2 amide bonds. The first-order valence-corrected chi connectivity index (χ1v) is 4.13. The van der Waals surface area contributed by atoms with Crippen molar-refractivity contribution < 1.29 is 4.79 Å². The molecule has 0 bridgehead atoms. The van der Waals surface area contributed by atoms with E-state index in [0.717, 1.165) is 19.5 Å². The number of hydrogen-bond donors (Lipinski definition) is 1. The highest BCUT2D eigenvalue weighted by Gasteiger charge is 2.06. The maximum absolute atomic E-state index is 11.1. The topological polar surface area (TPSA) is 32.3 Å². The van der Waals surface area contributed by atoms with E-state index < -0.39 is 0 Å². The molecule has 0 rings (SSSR count). The minimum absolute atomic E-state index is 0.00292. The molecule has 1 radical (unpaired) electrons. The van der Waals surface area contributed by atoms with E-state index in [1.165, 1.54) is 0 Å². The predicted molar refractivity (Wildman–Crippen MR) is 46.0 cm³/mol. The van der Waals surface area contributed by atoms with Crippen molar-refractivity contribution in [3.05, 3.63) is 6.54 Å². The van der Waals surface area contributed by atoms with Gasteiger partial charge in [0.2, 0.25) is 0 Å². The highest BCUT2D eigenvalue weighted by molar-refractivity contribution is 5.74. The van der Waals surface area contributed by atoms with Crippen molar-refractivity contribution in [3.63, 3.8) is 0 Å². The smallest absolute Gasteiger partial charge is 0.317 e. The van der Waals surface area contributed by atoms with Gasteiger partial charge in [0.15, 0.2) is 0 Å². The molecule has 0 spiro atoms. The van der Waals surface area contributed by atoms with E-state index in [1.807, 2.05) is 20.8 Å². The highest BCUT2D eigenvalue weighted by Crippen LogP contribution is 1.89. The monoisotopic (exact) mass is 157 g/mol. The van der Waals surface area contributed by atoms with Crippen LogP contribution in [0.1, 0.15) is 27.2 Å². The maximum atomic E-state index is 11.1. The maximum Gasteiger partial charge on any atom is 0.317 e. The average Bonchev–Trinajstić information content (AvgIpc) is 2.03. The lowest BCUT2D eigenvalue weighted by Gasteiger charge is -2.18. The van der Waals surface area contributed by atoms with Gasteiger partial charge in [-0.15, -0.1) is 0 Å². The van der Waals surface area contributed by atoms with Gasteiger partial charge in [0.1, 0.15) is 0 Å². The van der Waals surface area contributed by atoms with Gasteiger partial charge in [-0.2, -0.15) is 0 Å². The summed E-state index contributed by atoms with van der Waals surface area (Å²) < 4.78 is 0. The van der Waals surface area contributed by atoms with Crippen LogP contribution in [0.15, 0.2) is 0 Å². The molecule has 0 aliphatic rings. The first kappa shape index (κ1) is 10.3. The summed E-state index contributed by atoms with van der Waals surface area (Å²) in [4.78, 5) is 12.9. The Balaban J connectivity index is 3.61. The highest BCUT2D eigenvalue weighted by atomic mass is 16.2. The fourth-order valence-corrected chi connectivity index (χ4v) is 0.791. The van der Waals surface area contributed by atoms with E-state index in [-0.39, 0.29) is 6.03 Å². The van der Waals surface area contributed by atoms with Crippen LogP contribution in [0.5, 0.6) is 0 Å². The van der Waals surface area contributed by atoms with E-state index in [2.05, 4.69) is 5.32 Å².